The van der Waals surface area contributed by atoms with Crippen molar-refractivity contribution in [2.24, 2.45) is 5.92 Å². The average Bonchev–Trinajstić information content (AvgIpc) is 2.74. The van der Waals surface area contributed by atoms with Crippen molar-refractivity contribution in [1.29, 1.82) is 0 Å². The number of fused-ring (bicyclic) bond motifs is 1. The molecule has 0 aromatic rings. The molecule has 0 saturated carbocycles. The topological polar surface area (TPSA) is 58.6 Å². The van der Waals surface area contributed by atoms with Crippen molar-refractivity contribution in [3.8, 4) is 0 Å². The van der Waals surface area contributed by atoms with Crippen LogP contribution < -0.4 is 5.32 Å². The Morgan fingerprint density at radius 1 is 1.39 bits per heavy atom. The summed E-state index contributed by atoms with van der Waals surface area (Å²) in [5.74, 6) is 0.583. The normalized spacial score (nSPS) is 33.2. The van der Waals surface area contributed by atoms with Gasteiger partial charge in [-0.15, -0.1) is 0 Å². The van der Waals surface area contributed by atoms with Gasteiger partial charge in [-0.1, -0.05) is 0 Å². The van der Waals surface area contributed by atoms with Gasteiger partial charge >= 0.3 is 0 Å². The van der Waals surface area contributed by atoms with Crippen LogP contribution in [0.2, 0.25) is 0 Å². The van der Waals surface area contributed by atoms with E-state index in [9.17, 15) is 8.42 Å². The molecule has 2 saturated heterocycles. The predicted molar refractivity (Wildman–Crippen MR) is 70.9 cm³/mol. The van der Waals surface area contributed by atoms with Gasteiger partial charge in [-0.3, -0.25) is 0 Å². The Morgan fingerprint density at radius 3 is 2.78 bits per heavy atom. The highest BCUT2D eigenvalue weighted by Crippen LogP contribution is 2.34. The van der Waals surface area contributed by atoms with Crippen LogP contribution in [0.3, 0.4) is 0 Å². The molecule has 2 rings (SSSR count). The number of hydrogen-bond acceptors (Lipinski definition) is 4. The fourth-order valence-electron chi connectivity index (χ4n) is 3.10. The van der Waals surface area contributed by atoms with E-state index in [-0.39, 0.29) is 30.5 Å². The molecule has 0 bridgehead atoms. The largest absolute Gasteiger partial charge is 0.378 e. The lowest BCUT2D eigenvalue weighted by Gasteiger charge is -2.26. The van der Waals surface area contributed by atoms with Crippen molar-refractivity contribution in [2.75, 3.05) is 25.4 Å². The molecule has 0 aromatic heterocycles. The molecule has 5 nitrogen and oxygen atoms in total. The molecule has 0 radical (unpaired) electrons. The van der Waals surface area contributed by atoms with Crippen LogP contribution in [0, 0.1) is 5.92 Å². The van der Waals surface area contributed by atoms with Gasteiger partial charge in [0, 0.05) is 18.6 Å². The van der Waals surface area contributed by atoms with Crippen LogP contribution in [0.4, 0.5) is 0 Å². The second-order valence-electron chi connectivity index (χ2n) is 5.64. The summed E-state index contributed by atoms with van der Waals surface area (Å²) in [6.45, 7) is 7.88. The highest BCUT2D eigenvalue weighted by molar-refractivity contribution is 7.89. The third kappa shape index (κ3) is 2.87. The molecule has 0 aromatic carbocycles. The van der Waals surface area contributed by atoms with Crippen LogP contribution in [0.1, 0.15) is 27.2 Å². The lowest BCUT2D eigenvalue weighted by molar-refractivity contribution is 0.0905. The van der Waals surface area contributed by atoms with Gasteiger partial charge in [-0.2, -0.15) is 4.31 Å². The zero-order chi connectivity index (χ0) is 13.3. The average molecular weight is 276 g/mol. The summed E-state index contributed by atoms with van der Waals surface area (Å²) in [4.78, 5) is 0. The number of sulfonamides is 1. The van der Waals surface area contributed by atoms with Crippen LogP contribution in [0.25, 0.3) is 0 Å². The molecule has 0 aliphatic carbocycles. The van der Waals surface area contributed by atoms with Gasteiger partial charge in [0.25, 0.3) is 0 Å². The molecule has 106 valence electrons. The van der Waals surface area contributed by atoms with Crippen molar-refractivity contribution in [3.63, 3.8) is 0 Å². The van der Waals surface area contributed by atoms with Crippen molar-refractivity contribution in [3.05, 3.63) is 0 Å². The van der Waals surface area contributed by atoms with Crippen molar-refractivity contribution in [1.82, 2.24) is 9.62 Å². The first kappa shape index (κ1) is 14.2. The molecule has 2 fully saturated rings. The summed E-state index contributed by atoms with van der Waals surface area (Å²) in [6.07, 6.45) is 1.05. The van der Waals surface area contributed by atoms with Gasteiger partial charge < -0.3 is 10.1 Å². The maximum absolute atomic E-state index is 12.4. The number of rotatable bonds is 5. The summed E-state index contributed by atoms with van der Waals surface area (Å²) in [7, 11) is -3.19. The Morgan fingerprint density at radius 2 is 2.11 bits per heavy atom. The number of nitrogens with zero attached hydrogens (tertiary/aromatic N) is 1. The standard InChI is InChI=1S/C12H24N2O3S/c1-9(2)17-4-5-18(15,16)14-10(3)6-11-7-13-8-12(11)14/h9-13H,4-8H2,1-3H3. The molecule has 18 heavy (non-hydrogen) atoms. The maximum atomic E-state index is 12.4. The van der Waals surface area contributed by atoms with Gasteiger partial charge in [0.1, 0.15) is 0 Å². The van der Waals surface area contributed by atoms with E-state index in [2.05, 4.69) is 5.32 Å². The lowest BCUT2D eigenvalue weighted by Crippen LogP contribution is -2.44. The zero-order valence-corrected chi connectivity index (χ0v) is 12.2. The second-order valence-corrected chi connectivity index (χ2v) is 7.63. The number of nitrogens with one attached hydrogen (secondary N) is 1. The highest BCUT2D eigenvalue weighted by Gasteiger charge is 2.47. The van der Waals surface area contributed by atoms with Crippen molar-refractivity contribution >= 4 is 10.0 Å². The first-order valence-electron chi connectivity index (χ1n) is 6.75. The van der Waals surface area contributed by atoms with Crippen LogP contribution >= 0.6 is 0 Å². The molecule has 2 aliphatic rings. The van der Waals surface area contributed by atoms with Crippen molar-refractivity contribution in [2.45, 2.75) is 45.4 Å². The molecule has 3 unspecified atom stereocenters. The number of hydrogen-bond donors (Lipinski definition) is 1. The third-order valence-electron chi connectivity index (χ3n) is 3.82. The predicted octanol–water partition coefficient (Wildman–Crippen LogP) is 0.423. The van der Waals surface area contributed by atoms with Crippen LogP contribution in [-0.2, 0) is 14.8 Å². The van der Waals surface area contributed by atoms with Crippen LogP contribution in [-0.4, -0.2) is 56.4 Å². The van der Waals surface area contributed by atoms with E-state index in [0.29, 0.717) is 5.92 Å². The first-order valence-corrected chi connectivity index (χ1v) is 8.36. The minimum atomic E-state index is -3.19. The fraction of sp³-hybridized carbons (Fsp3) is 1.00. The molecule has 0 amide bonds. The van der Waals surface area contributed by atoms with Gasteiger partial charge in [-0.05, 0) is 39.7 Å². The monoisotopic (exact) mass is 276 g/mol. The van der Waals surface area contributed by atoms with E-state index in [1.54, 1.807) is 4.31 Å². The summed E-state index contributed by atoms with van der Waals surface area (Å²) in [5.41, 5.74) is 0. The molecular weight excluding hydrogens is 252 g/mol. The summed E-state index contributed by atoms with van der Waals surface area (Å²) in [6, 6.07) is 0.287. The quantitative estimate of drug-likeness (QED) is 0.791. The molecule has 0 spiro atoms. The molecule has 3 atom stereocenters. The summed E-state index contributed by atoms with van der Waals surface area (Å²) >= 11 is 0. The first-order chi connectivity index (χ1) is 8.42. The van der Waals surface area contributed by atoms with Gasteiger partial charge in [0.2, 0.25) is 10.0 Å². The van der Waals surface area contributed by atoms with E-state index in [1.807, 2.05) is 20.8 Å². The number of ether oxygens (including phenoxy) is 1. The Kier molecular flexibility index (Phi) is 4.31. The lowest BCUT2D eigenvalue weighted by atomic mass is 10.0. The Labute approximate surface area is 110 Å². The molecular formula is C12H24N2O3S. The Bertz CT molecular complexity index is 383. The summed E-state index contributed by atoms with van der Waals surface area (Å²) in [5, 5.41) is 3.28. The molecule has 2 heterocycles. The summed E-state index contributed by atoms with van der Waals surface area (Å²) < 4.78 is 31.9. The minimum Gasteiger partial charge on any atom is -0.378 e. The zero-order valence-electron chi connectivity index (χ0n) is 11.4. The Balaban J connectivity index is 2.00. The van der Waals surface area contributed by atoms with E-state index in [0.717, 1.165) is 19.5 Å². The SMILES string of the molecule is CC(C)OCCS(=O)(=O)N1C(C)CC2CNCC21. The van der Waals surface area contributed by atoms with E-state index >= 15 is 0 Å². The molecule has 2 aliphatic heterocycles. The van der Waals surface area contributed by atoms with E-state index in [4.69, 9.17) is 4.74 Å². The van der Waals surface area contributed by atoms with Gasteiger partial charge in [0.15, 0.2) is 0 Å². The smallest absolute Gasteiger partial charge is 0.216 e. The maximum Gasteiger partial charge on any atom is 0.216 e. The highest BCUT2D eigenvalue weighted by atomic mass is 32.2. The second kappa shape index (κ2) is 5.45. The third-order valence-corrected chi connectivity index (χ3v) is 5.78. The van der Waals surface area contributed by atoms with Crippen LogP contribution in [0.15, 0.2) is 0 Å². The van der Waals surface area contributed by atoms with E-state index < -0.39 is 10.0 Å². The fourth-order valence-corrected chi connectivity index (χ4v) is 4.91. The van der Waals surface area contributed by atoms with Gasteiger partial charge in [0.05, 0.1) is 18.5 Å². The minimum absolute atomic E-state index is 0.0806. The van der Waals surface area contributed by atoms with E-state index in [1.165, 1.54) is 0 Å². The van der Waals surface area contributed by atoms with Crippen molar-refractivity contribution < 1.29 is 13.2 Å². The van der Waals surface area contributed by atoms with Gasteiger partial charge in [-0.25, -0.2) is 8.42 Å². The molecule has 1 N–H and O–H groups in total. The van der Waals surface area contributed by atoms with Crippen LogP contribution in [0.5, 0.6) is 0 Å². The Hall–Kier alpha value is -0.170. The molecule has 6 heteroatoms.